The molecule has 0 aliphatic rings. The van der Waals surface area contributed by atoms with E-state index < -0.39 is 5.41 Å². The molecule has 0 aliphatic heterocycles. The molecule has 4 nitrogen and oxygen atoms in total. The monoisotopic (exact) mass is 228 g/mol. The largest absolute Gasteiger partial charge is 0.469 e. The summed E-state index contributed by atoms with van der Waals surface area (Å²) in [6, 6.07) is 0. The van der Waals surface area contributed by atoms with Crippen LogP contribution in [0.3, 0.4) is 0 Å². The average molecular weight is 228 g/mol. The highest BCUT2D eigenvalue weighted by molar-refractivity contribution is 5.78. The maximum absolute atomic E-state index is 11.6. The number of hydrogen-bond acceptors (Lipinski definition) is 4. The first-order valence-electron chi connectivity index (χ1n) is 5.21. The third kappa shape index (κ3) is 4.47. The van der Waals surface area contributed by atoms with E-state index in [1.807, 2.05) is 0 Å². The van der Waals surface area contributed by atoms with Crippen LogP contribution in [0.15, 0.2) is 12.7 Å². The highest BCUT2D eigenvalue weighted by atomic mass is 16.5. The van der Waals surface area contributed by atoms with Crippen LogP contribution in [-0.4, -0.2) is 25.7 Å². The smallest absolute Gasteiger partial charge is 0.311 e. The van der Waals surface area contributed by atoms with Crippen molar-refractivity contribution in [2.75, 3.05) is 13.7 Å². The molecule has 0 radical (unpaired) electrons. The first-order chi connectivity index (χ1) is 7.35. The van der Waals surface area contributed by atoms with Gasteiger partial charge < -0.3 is 9.47 Å². The third-order valence-corrected chi connectivity index (χ3v) is 2.30. The van der Waals surface area contributed by atoms with Crippen molar-refractivity contribution in [2.24, 2.45) is 11.3 Å². The summed E-state index contributed by atoms with van der Waals surface area (Å²) in [7, 11) is 1.34. The minimum atomic E-state index is -0.698. The van der Waals surface area contributed by atoms with Gasteiger partial charge in [0.15, 0.2) is 0 Å². The van der Waals surface area contributed by atoms with E-state index >= 15 is 0 Å². The van der Waals surface area contributed by atoms with Gasteiger partial charge in [0, 0.05) is 0 Å². The number of hydrogen-bond donors (Lipinski definition) is 0. The molecule has 1 atom stereocenters. The molecule has 0 spiro atoms. The van der Waals surface area contributed by atoms with E-state index in [-0.39, 0.29) is 24.5 Å². The van der Waals surface area contributed by atoms with Crippen molar-refractivity contribution in [3.8, 4) is 0 Å². The van der Waals surface area contributed by atoms with Crippen LogP contribution in [-0.2, 0) is 19.1 Å². The van der Waals surface area contributed by atoms with Gasteiger partial charge in [0.05, 0.1) is 18.4 Å². The molecule has 4 heteroatoms. The Bertz CT molecular complexity index is 268. The molecular formula is C12H20O4. The molecule has 0 amide bonds. The fourth-order valence-electron chi connectivity index (χ4n) is 1.46. The number of ether oxygens (including phenoxy) is 2. The minimum absolute atomic E-state index is 0.189. The van der Waals surface area contributed by atoms with Crippen LogP contribution in [0.4, 0.5) is 0 Å². The first-order valence-corrected chi connectivity index (χ1v) is 5.21. The van der Waals surface area contributed by atoms with Gasteiger partial charge in [-0.15, -0.1) is 0 Å². The summed E-state index contributed by atoms with van der Waals surface area (Å²) in [5.74, 6) is -0.968. The van der Waals surface area contributed by atoms with Gasteiger partial charge in [-0.3, -0.25) is 9.59 Å². The Morgan fingerprint density at radius 1 is 1.44 bits per heavy atom. The lowest BCUT2D eigenvalue weighted by Gasteiger charge is -2.24. The summed E-state index contributed by atoms with van der Waals surface area (Å²) in [6.07, 6.45) is 1.91. The maximum atomic E-state index is 11.6. The Kier molecular flexibility index (Phi) is 5.78. The summed E-state index contributed by atoms with van der Waals surface area (Å²) in [5, 5.41) is 0. The van der Waals surface area contributed by atoms with Crippen molar-refractivity contribution in [1.82, 2.24) is 0 Å². The van der Waals surface area contributed by atoms with Crippen LogP contribution in [0.25, 0.3) is 0 Å². The first kappa shape index (κ1) is 14.7. The molecule has 0 saturated carbocycles. The quantitative estimate of drug-likeness (QED) is 0.515. The molecule has 0 aromatic carbocycles. The normalized spacial score (nSPS) is 12.8. The van der Waals surface area contributed by atoms with Crippen LogP contribution < -0.4 is 0 Å². The Balaban J connectivity index is 4.37. The molecule has 0 aromatic heterocycles. The lowest BCUT2D eigenvalue weighted by atomic mass is 9.83. The number of carbonyl (C=O) groups is 2. The molecule has 0 bridgehead atoms. The van der Waals surface area contributed by atoms with Gasteiger partial charge in [-0.25, -0.2) is 0 Å². The Hall–Kier alpha value is -1.32. The Morgan fingerprint density at radius 2 is 2.00 bits per heavy atom. The Labute approximate surface area is 96.6 Å². The van der Waals surface area contributed by atoms with Gasteiger partial charge in [-0.05, 0) is 20.3 Å². The molecule has 0 heterocycles. The number of methoxy groups -OCH3 is 1. The van der Waals surface area contributed by atoms with Crippen molar-refractivity contribution in [3.63, 3.8) is 0 Å². The molecular weight excluding hydrogens is 208 g/mol. The average Bonchev–Trinajstić information content (AvgIpc) is 2.23. The van der Waals surface area contributed by atoms with Crippen LogP contribution >= 0.6 is 0 Å². The zero-order chi connectivity index (χ0) is 12.8. The van der Waals surface area contributed by atoms with E-state index in [2.05, 4.69) is 11.3 Å². The van der Waals surface area contributed by atoms with Gasteiger partial charge in [-0.1, -0.05) is 19.6 Å². The molecule has 92 valence electrons. The van der Waals surface area contributed by atoms with Crippen molar-refractivity contribution in [3.05, 3.63) is 12.7 Å². The highest BCUT2D eigenvalue weighted by Gasteiger charge is 2.33. The van der Waals surface area contributed by atoms with Gasteiger partial charge in [0.1, 0.15) is 6.61 Å². The van der Waals surface area contributed by atoms with E-state index in [0.29, 0.717) is 6.42 Å². The fourth-order valence-corrected chi connectivity index (χ4v) is 1.46. The SMILES string of the molecule is C=CCOC(=O)C(C)(C)CC(C)C(=O)OC. The summed E-state index contributed by atoms with van der Waals surface area (Å²) in [4.78, 5) is 22.9. The molecule has 0 N–H and O–H groups in total. The van der Waals surface area contributed by atoms with Crippen molar-refractivity contribution in [1.29, 1.82) is 0 Å². The van der Waals surface area contributed by atoms with E-state index in [0.717, 1.165) is 0 Å². The van der Waals surface area contributed by atoms with Crippen LogP contribution in [0, 0.1) is 11.3 Å². The van der Waals surface area contributed by atoms with Crippen LogP contribution in [0.5, 0.6) is 0 Å². The van der Waals surface area contributed by atoms with Crippen molar-refractivity contribution >= 4 is 11.9 Å². The topological polar surface area (TPSA) is 52.6 Å². The zero-order valence-electron chi connectivity index (χ0n) is 10.4. The van der Waals surface area contributed by atoms with Crippen molar-refractivity contribution < 1.29 is 19.1 Å². The summed E-state index contributed by atoms with van der Waals surface area (Å²) >= 11 is 0. The second-order valence-corrected chi connectivity index (χ2v) is 4.40. The fraction of sp³-hybridized carbons (Fsp3) is 0.667. The summed E-state index contributed by atoms with van der Waals surface area (Å²) < 4.78 is 9.57. The van der Waals surface area contributed by atoms with Crippen LogP contribution in [0.1, 0.15) is 27.2 Å². The van der Waals surface area contributed by atoms with Crippen LogP contribution in [0.2, 0.25) is 0 Å². The summed E-state index contributed by atoms with van der Waals surface area (Å²) in [5.41, 5.74) is -0.698. The molecule has 0 saturated heterocycles. The molecule has 0 aliphatic carbocycles. The lowest BCUT2D eigenvalue weighted by Crippen LogP contribution is -2.31. The molecule has 1 unspecified atom stereocenters. The van der Waals surface area contributed by atoms with Gasteiger partial charge in [0.25, 0.3) is 0 Å². The lowest BCUT2D eigenvalue weighted by molar-refractivity contribution is -0.155. The number of esters is 2. The highest BCUT2D eigenvalue weighted by Crippen LogP contribution is 2.27. The van der Waals surface area contributed by atoms with E-state index in [4.69, 9.17) is 4.74 Å². The molecule has 0 fully saturated rings. The van der Waals surface area contributed by atoms with Gasteiger partial charge in [0.2, 0.25) is 0 Å². The van der Waals surface area contributed by atoms with E-state index in [9.17, 15) is 9.59 Å². The molecule has 0 rings (SSSR count). The van der Waals surface area contributed by atoms with E-state index in [1.165, 1.54) is 13.2 Å². The predicted octanol–water partition coefficient (Wildman–Crippen LogP) is 1.94. The van der Waals surface area contributed by atoms with E-state index in [1.54, 1.807) is 20.8 Å². The van der Waals surface area contributed by atoms with Gasteiger partial charge >= 0.3 is 11.9 Å². The maximum Gasteiger partial charge on any atom is 0.311 e. The number of carbonyl (C=O) groups excluding carboxylic acids is 2. The minimum Gasteiger partial charge on any atom is -0.469 e. The second kappa shape index (κ2) is 6.30. The molecule has 0 aromatic rings. The van der Waals surface area contributed by atoms with Gasteiger partial charge in [-0.2, -0.15) is 0 Å². The molecule has 16 heavy (non-hydrogen) atoms. The standard InChI is InChI=1S/C12H20O4/c1-6-7-16-11(14)12(3,4)8-9(2)10(13)15-5/h6,9H,1,7-8H2,2-5H3. The second-order valence-electron chi connectivity index (χ2n) is 4.40. The third-order valence-electron chi connectivity index (χ3n) is 2.30. The number of rotatable bonds is 6. The zero-order valence-corrected chi connectivity index (χ0v) is 10.4. The Morgan fingerprint density at radius 3 is 2.44 bits per heavy atom. The van der Waals surface area contributed by atoms with Crippen molar-refractivity contribution in [2.45, 2.75) is 27.2 Å². The summed E-state index contributed by atoms with van der Waals surface area (Å²) in [6.45, 7) is 8.88. The predicted molar refractivity (Wildman–Crippen MR) is 60.7 cm³/mol.